The Bertz CT molecular complexity index is 695. The van der Waals surface area contributed by atoms with Crippen molar-refractivity contribution in [3.63, 3.8) is 0 Å². The highest BCUT2D eigenvalue weighted by atomic mass is 35.5. The first-order valence-electron chi connectivity index (χ1n) is 6.25. The fraction of sp³-hybridized carbons (Fsp3) is 0.385. The summed E-state index contributed by atoms with van der Waals surface area (Å²) in [5, 5.41) is 4.38. The minimum atomic E-state index is -2.95. The molecule has 4 nitrogen and oxygen atoms in total. The van der Waals surface area contributed by atoms with E-state index in [0.717, 1.165) is 4.68 Å². The van der Waals surface area contributed by atoms with Gasteiger partial charge in [-0.3, -0.25) is 0 Å². The molecule has 0 saturated carbocycles. The van der Waals surface area contributed by atoms with Crippen molar-refractivity contribution < 1.29 is 8.78 Å². The molecular weight excluding hydrogens is 323 g/mol. The molecular formula is C13H15Cl2F2N3O. The normalized spacial score (nSPS) is 10.5. The maximum Gasteiger partial charge on any atom is 0.355 e. The number of rotatable bonds is 2. The van der Waals surface area contributed by atoms with Gasteiger partial charge in [-0.25, -0.2) is 9.36 Å². The number of alkyl halides is 2. The van der Waals surface area contributed by atoms with Crippen LogP contribution in [-0.2, 0) is 0 Å². The minimum Gasteiger partial charge on any atom is -0.245 e. The number of hydrogen-bond acceptors (Lipinski definition) is 2. The summed E-state index contributed by atoms with van der Waals surface area (Å²) in [6.45, 7) is 4.08. The van der Waals surface area contributed by atoms with Gasteiger partial charge >= 0.3 is 12.2 Å². The van der Waals surface area contributed by atoms with Crippen molar-refractivity contribution in [2.75, 3.05) is 0 Å². The van der Waals surface area contributed by atoms with Crippen molar-refractivity contribution in [2.24, 2.45) is 0 Å². The Kier molecular flexibility index (Phi) is 5.92. The molecule has 0 radical (unpaired) electrons. The zero-order chi connectivity index (χ0) is 16.3. The fourth-order valence-corrected chi connectivity index (χ4v) is 2.13. The molecule has 8 heteroatoms. The Hall–Kier alpha value is -1.40. The van der Waals surface area contributed by atoms with Gasteiger partial charge in [0, 0.05) is 5.02 Å². The van der Waals surface area contributed by atoms with E-state index in [4.69, 9.17) is 23.2 Å². The summed E-state index contributed by atoms with van der Waals surface area (Å²) in [7, 11) is 0. The zero-order valence-corrected chi connectivity index (χ0v) is 13.5. The van der Waals surface area contributed by atoms with Crippen molar-refractivity contribution in [2.45, 2.75) is 34.2 Å². The van der Waals surface area contributed by atoms with Crippen LogP contribution in [0.2, 0.25) is 10.0 Å². The summed E-state index contributed by atoms with van der Waals surface area (Å²) < 4.78 is 26.6. The zero-order valence-electron chi connectivity index (χ0n) is 12.0. The number of nitrogens with zero attached hydrogens (tertiary/aromatic N) is 3. The van der Waals surface area contributed by atoms with Gasteiger partial charge in [0.15, 0.2) is 0 Å². The Morgan fingerprint density at radius 1 is 1.14 bits per heavy atom. The summed E-state index contributed by atoms with van der Waals surface area (Å²) in [5.74, 6) is -0.0938. The van der Waals surface area contributed by atoms with Crippen molar-refractivity contribution in [1.29, 1.82) is 0 Å². The molecule has 0 fully saturated rings. The maximum absolute atomic E-state index is 12.7. The molecule has 2 aromatic rings. The third kappa shape index (κ3) is 3.44. The van der Waals surface area contributed by atoms with Gasteiger partial charge < -0.3 is 0 Å². The van der Waals surface area contributed by atoms with Crippen LogP contribution >= 0.6 is 23.2 Å². The van der Waals surface area contributed by atoms with Crippen LogP contribution in [0.25, 0.3) is 5.69 Å². The fourth-order valence-electron chi connectivity index (χ4n) is 1.66. The molecule has 21 heavy (non-hydrogen) atoms. The highest BCUT2D eigenvalue weighted by Crippen LogP contribution is 2.26. The monoisotopic (exact) mass is 337 g/mol. The molecule has 0 amide bonds. The molecule has 2 rings (SSSR count). The lowest BCUT2D eigenvalue weighted by Crippen LogP contribution is -2.25. The molecule has 0 N–H and O–H groups in total. The number of hydrogen-bond donors (Lipinski definition) is 0. The summed E-state index contributed by atoms with van der Waals surface area (Å²) in [4.78, 5) is 11.9. The van der Waals surface area contributed by atoms with E-state index in [2.05, 4.69) is 5.10 Å². The van der Waals surface area contributed by atoms with E-state index < -0.39 is 12.2 Å². The second-order valence-electron chi connectivity index (χ2n) is 3.94. The SMILES string of the molecule is CC.Cc1cc(-n2nc(C)n(C(F)F)c2=O)c(Cl)cc1Cl. The summed E-state index contributed by atoms with van der Waals surface area (Å²) >= 11 is 11.9. The molecule has 0 aliphatic rings. The summed E-state index contributed by atoms with van der Waals surface area (Å²) in [5.41, 5.74) is -0.0654. The van der Waals surface area contributed by atoms with Crippen molar-refractivity contribution in [3.05, 3.63) is 44.1 Å². The topological polar surface area (TPSA) is 39.8 Å². The van der Waals surface area contributed by atoms with Crippen LogP contribution in [0.15, 0.2) is 16.9 Å². The first-order valence-corrected chi connectivity index (χ1v) is 7.01. The van der Waals surface area contributed by atoms with E-state index in [9.17, 15) is 13.6 Å². The molecule has 116 valence electrons. The van der Waals surface area contributed by atoms with Crippen molar-refractivity contribution >= 4 is 23.2 Å². The molecule has 0 saturated heterocycles. The van der Waals surface area contributed by atoms with E-state index in [1.165, 1.54) is 19.1 Å². The Morgan fingerprint density at radius 2 is 1.71 bits per heavy atom. The van der Waals surface area contributed by atoms with E-state index >= 15 is 0 Å². The van der Waals surface area contributed by atoms with Gasteiger partial charge in [-0.15, -0.1) is 5.10 Å². The third-order valence-corrected chi connectivity index (χ3v) is 3.34. The van der Waals surface area contributed by atoms with E-state index in [1.54, 1.807) is 6.92 Å². The van der Waals surface area contributed by atoms with Crippen LogP contribution < -0.4 is 5.69 Å². The van der Waals surface area contributed by atoms with Gasteiger partial charge in [-0.1, -0.05) is 37.0 Å². The number of aryl methyl sites for hydroxylation is 2. The number of benzene rings is 1. The molecule has 0 aliphatic heterocycles. The van der Waals surface area contributed by atoms with Crippen LogP contribution in [0.1, 0.15) is 31.8 Å². The molecule has 0 spiro atoms. The maximum atomic E-state index is 12.7. The van der Waals surface area contributed by atoms with E-state index in [1.807, 2.05) is 13.8 Å². The molecule has 1 aromatic heterocycles. The second-order valence-corrected chi connectivity index (χ2v) is 4.76. The average Bonchev–Trinajstić information content (AvgIpc) is 2.71. The van der Waals surface area contributed by atoms with Crippen LogP contribution in [-0.4, -0.2) is 14.3 Å². The van der Waals surface area contributed by atoms with Crippen LogP contribution in [0, 0.1) is 13.8 Å². The number of halogens is 4. The summed E-state index contributed by atoms with van der Waals surface area (Å²) in [6.07, 6.45) is 0. The molecule has 1 heterocycles. The predicted octanol–water partition coefficient (Wildman–Crippen LogP) is 4.38. The van der Waals surface area contributed by atoms with Crippen molar-refractivity contribution in [1.82, 2.24) is 14.3 Å². The lowest BCUT2D eigenvalue weighted by atomic mass is 10.2. The van der Waals surface area contributed by atoms with E-state index in [-0.39, 0.29) is 16.5 Å². The van der Waals surface area contributed by atoms with Gasteiger partial charge in [0.2, 0.25) is 0 Å². The van der Waals surface area contributed by atoms with Crippen LogP contribution in [0.4, 0.5) is 8.78 Å². The van der Waals surface area contributed by atoms with Gasteiger partial charge in [-0.05, 0) is 31.5 Å². The van der Waals surface area contributed by atoms with Gasteiger partial charge in [0.05, 0.1) is 10.7 Å². The van der Waals surface area contributed by atoms with Crippen molar-refractivity contribution in [3.8, 4) is 5.69 Å². The molecule has 0 aliphatic carbocycles. The second kappa shape index (κ2) is 7.04. The van der Waals surface area contributed by atoms with Gasteiger partial charge in [0.1, 0.15) is 5.82 Å². The van der Waals surface area contributed by atoms with Crippen LogP contribution in [0.3, 0.4) is 0 Å². The van der Waals surface area contributed by atoms with Gasteiger partial charge in [-0.2, -0.15) is 13.5 Å². The molecule has 1 aromatic carbocycles. The third-order valence-electron chi connectivity index (χ3n) is 2.63. The highest BCUT2D eigenvalue weighted by Gasteiger charge is 2.19. The van der Waals surface area contributed by atoms with Crippen LogP contribution in [0.5, 0.6) is 0 Å². The largest absolute Gasteiger partial charge is 0.355 e. The lowest BCUT2D eigenvalue weighted by molar-refractivity contribution is 0.0640. The Labute approximate surface area is 130 Å². The lowest BCUT2D eigenvalue weighted by Gasteiger charge is -2.06. The number of aromatic nitrogens is 3. The first-order chi connectivity index (χ1) is 9.82. The average molecular weight is 338 g/mol. The predicted molar refractivity (Wildman–Crippen MR) is 79.9 cm³/mol. The smallest absolute Gasteiger partial charge is 0.245 e. The Morgan fingerprint density at radius 3 is 2.19 bits per heavy atom. The standard InChI is InChI=1S/C11H9Cl2F2N3O.C2H6/c1-5-3-9(8(13)4-7(5)12)18-11(19)17(10(14)15)6(2)16-18;1-2/h3-4,10H,1-2H3;1-2H3. The molecule has 0 atom stereocenters. The summed E-state index contributed by atoms with van der Waals surface area (Å²) in [6, 6.07) is 2.96. The first kappa shape index (κ1) is 17.7. The van der Waals surface area contributed by atoms with E-state index in [0.29, 0.717) is 15.2 Å². The molecule has 0 bridgehead atoms. The highest BCUT2D eigenvalue weighted by molar-refractivity contribution is 6.36. The van der Waals surface area contributed by atoms with Gasteiger partial charge in [0.25, 0.3) is 0 Å². The minimum absolute atomic E-state index is 0.0938. The quantitative estimate of drug-likeness (QED) is 0.815. The Balaban J connectivity index is 0.00000106. The molecule has 0 unspecified atom stereocenters.